The lowest BCUT2D eigenvalue weighted by Gasteiger charge is -2.17. The van der Waals surface area contributed by atoms with Crippen LogP contribution in [0.15, 0.2) is 18.2 Å². The second-order valence-corrected chi connectivity index (χ2v) is 5.19. The molecule has 2 rings (SSSR count). The topological polar surface area (TPSA) is 70.7 Å². The Bertz CT molecular complexity index is 699. The van der Waals surface area contributed by atoms with E-state index in [-0.39, 0.29) is 11.3 Å². The third-order valence-electron chi connectivity index (χ3n) is 3.24. The van der Waals surface area contributed by atoms with E-state index >= 15 is 0 Å². The number of imidazole rings is 1. The van der Waals surface area contributed by atoms with Crippen molar-refractivity contribution in [2.45, 2.75) is 25.3 Å². The maximum atomic E-state index is 11.9. The summed E-state index contributed by atoms with van der Waals surface area (Å²) in [5.74, 6) is 0.450. The van der Waals surface area contributed by atoms with Gasteiger partial charge in [-0.15, -0.1) is 11.6 Å². The molecule has 0 saturated carbocycles. The molecule has 0 aliphatic heterocycles. The number of hydrogen-bond donors (Lipinski definition) is 1. The highest BCUT2D eigenvalue weighted by molar-refractivity contribution is 6.20. The van der Waals surface area contributed by atoms with Crippen molar-refractivity contribution in [3.63, 3.8) is 0 Å². The monoisotopic (exact) mass is 290 g/mol. The molecular weight excluding hydrogens is 276 g/mol. The highest BCUT2D eigenvalue weighted by atomic mass is 35.5. The summed E-state index contributed by atoms with van der Waals surface area (Å²) < 4.78 is 1.78. The van der Waals surface area contributed by atoms with Gasteiger partial charge >= 0.3 is 0 Å². The number of nitrogens with zero attached hydrogens (tertiary/aromatic N) is 3. The largest absolute Gasteiger partial charge is 0.357 e. The smallest absolute Gasteiger partial charge is 0.242 e. The molecule has 0 fully saturated rings. The first-order chi connectivity index (χ1) is 9.51. The molecule has 2 aromatic rings. The van der Waals surface area contributed by atoms with Crippen molar-refractivity contribution < 1.29 is 4.79 Å². The minimum absolute atomic E-state index is 0.134. The number of likely N-dealkylation sites (N-methyl/N-ethyl adjacent to an activating group) is 1. The number of nitriles is 1. The molecule has 1 N–H and O–H groups in total. The van der Waals surface area contributed by atoms with Crippen LogP contribution in [0.25, 0.3) is 11.0 Å². The highest BCUT2D eigenvalue weighted by Gasteiger charge is 2.23. The van der Waals surface area contributed by atoms with E-state index in [1.165, 1.54) is 0 Å². The number of amides is 1. The van der Waals surface area contributed by atoms with Crippen molar-refractivity contribution in [1.29, 1.82) is 5.26 Å². The van der Waals surface area contributed by atoms with Gasteiger partial charge in [-0.2, -0.15) is 5.26 Å². The van der Waals surface area contributed by atoms with Crippen LogP contribution in [-0.4, -0.2) is 22.5 Å². The maximum Gasteiger partial charge on any atom is 0.242 e. The van der Waals surface area contributed by atoms with E-state index < -0.39 is 6.04 Å². The van der Waals surface area contributed by atoms with Crippen LogP contribution >= 0.6 is 11.6 Å². The first-order valence-electron chi connectivity index (χ1n) is 6.27. The van der Waals surface area contributed by atoms with Crippen LogP contribution in [0.1, 0.15) is 36.7 Å². The molecule has 2 atom stereocenters. The summed E-state index contributed by atoms with van der Waals surface area (Å²) in [5.41, 5.74) is 1.79. The van der Waals surface area contributed by atoms with Crippen LogP contribution in [0.5, 0.6) is 0 Å². The van der Waals surface area contributed by atoms with E-state index in [1.807, 2.05) is 6.07 Å². The Morgan fingerprint density at radius 3 is 2.75 bits per heavy atom. The fraction of sp³-hybridized carbons (Fsp3) is 0.357. The second-order valence-electron chi connectivity index (χ2n) is 4.53. The Kier molecular flexibility index (Phi) is 3.96. The van der Waals surface area contributed by atoms with Crippen molar-refractivity contribution in [1.82, 2.24) is 14.9 Å². The lowest BCUT2D eigenvalue weighted by molar-refractivity contribution is -0.123. The molecule has 0 aliphatic carbocycles. The molecule has 1 aromatic carbocycles. The van der Waals surface area contributed by atoms with Crippen LogP contribution in [0.2, 0.25) is 0 Å². The number of alkyl halides is 1. The molecule has 0 bridgehead atoms. The van der Waals surface area contributed by atoms with E-state index in [2.05, 4.69) is 16.4 Å². The fourth-order valence-electron chi connectivity index (χ4n) is 2.24. The zero-order chi connectivity index (χ0) is 14.9. The number of halogens is 1. The van der Waals surface area contributed by atoms with Crippen molar-refractivity contribution in [2.75, 3.05) is 7.05 Å². The molecule has 1 aromatic heterocycles. The molecular formula is C14H15ClN4O. The molecule has 1 heterocycles. The summed E-state index contributed by atoms with van der Waals surface area (Å²) in [5, 5.41) is 11.4. The number of carbonyl (C=O) groups excluding carboxylic acids is 1. The molecule has 0 radical (unpaired) electrons. The second kappa shape index (κ2) is 5.51. The van der Waals surface area contributed by atoms with E-state index in [0.717, 1.165) is 5.52 Å². The van der Waals surface area contributed by atoms with Crippen LogP contribution in [-0.2, 0) is 4.79 Å². The average molecular weight is 291 g/mol. The normalized spacial score (nSPS) is 13.8. The van der Waals surface area contributed by atoms with Gasteiger partial charge in [-0.05, 0) is 26.0 Å². The van der Waals surface area contributed by atoms with Crippen molar-refractivity contribution in [3.8, 4) is 6.07 Å². The maximum absolute atomic E-state index is 11.9. The summed E-state index contributed by atoms with van der Waals surface area (Å²) in [7, 11) is 1.59. The Labute approximate surface area is 122 Å². The fourth-order valence-corrected chi connectivity index (χ4v) is 2.39. The van der Waals surface area contributed by atoms with Gasteiger partial charge in [0.15, 0.2) is 0 Å². The van der Waals surface area contributed by atoms with Crippen LogP contribution < -0.4 is 5.32 Å². The number of hydrogen-bond acceptors (Lipinski definition) is 3. The minimum atomic E-state index is -0.449. The summed E-state index contributed by atoms with van der Waals surface area (Å²) >= 11 is 6.17. The standard InChI is InChI=1S/C14H15ClN4O/c1-8(15)13-18-12-10(7-16)5-4-6-11(12)19(13)9(2)14(20)17-3/h4-6,8-9H,1-3H3,(H,17,20). The number of rotatable bonds is 3. The number of nitrogens with one attached hydrogen (secondary N) is 1. The molecule has 0 saturated heterocycles. The lowest BCUT2D eigenvalue weighted by atomic mass is 10.2. The molecule has 104 valence electrons. The quantitative estimate of drug-likeness (QED) is 0.883. The van der Waals surface area contributed by atoms with Crippen molar-refractivity contribution >= 4 is 28.5 Å². The van der Waals surface area contributed by atoms with Crippen LogP contribution in [0, 0.1) is 11.3 Å². The predicted molar refractivity (Wildman–Crippen MR) is 77.5 cm³/mol. The summed E-state index contributed by atoms with van der Waals surface area (Å²) in [6.45, 7) is 3.57. The predicted octanol–water partition coefficient (Wildman–Crippen LogP) is 2.51. The number of fused-ring (bicyclic) bond motifs is 1. The van der Waals surface area contributed by atoms with Crippen molar-refractivity contribution in [2.24, 2.45) is 0 Å². The van der Waals surface area contributed by atoms with Gasteiger partial charge in [0.1, 0.15) is 23.5 Å². The summed E-state index contributed by atoms with van der Waals surface area (Å²) in [6.07, 6.45) is 0. The van der Waals surface area contributed by atoms with E-state index in [0.29, 0.717) is 16.9 Å². The zero-order valence-electron chi connectivity index (χ0n) is 11.5. The van der Waals surface area contributed by atoms with Gasteiger partial charge in [-0.3, -0.25) is 4.79 Å². The minimum Gasteiger partial charge on any atom is -0.357 e. The highest BCUT2D eigenvalue weighted by Crippen LogP contribution is 2.29. The Morgan fingerprint density at radius 2 is 2.20 bits per heavy atom. The molecule has 0 spiro atoms. The third-order valence-corrected chi connectivity index (χ3v) is 3.43. The number of benzene rings is 1. The third kappa shape index (κ3) is 2.23. The van der Waals surface area contributed by atoms with Gasteiger partial charge in [0.25, 0.3) is 0 Å². The molecule has 0 aliphatic rings. The van der Waals surface area contributed by atoms with Gasteiger partial charge in [0, 0.05) is 7.05 Å². The van der Waals surface area contributed by atoms with Gasteiger partial charge in [0.05, 0.1) is 16.5 Å². The first kappa shape index (κ1) is 14.4. The SMILES string of the molecule is CNC(=O)C(C)n1c(C(C)Cl)nc2c(C#N)cccc21. The molecule has 2 unspecified atom stereocenters. The molecule has 20 heavy (non-hydrogen) atoms. The van der Waals surface area contributed by atoms with Gasteiger partial charge in [0.2, 0.25) is 5.91 Å². The summed E-state index contributed by atoms with van der Waals surface area (Å²) in [4.78, 5) is 16.4. The molecule has 5 nitrogen and oxygen atoms in total. The van der Waals surface area contributed by atoms with Gasteiger partial charge < -0.3 is 9.88 Å². The zero-order valence-corrected chi connectivity index (χ0v) is 12.3. The lowest BCUT2D eigenvalue weighted by Crippen LogP contribution is -2.28. The number of aromatic nitrogens is 2. The van der Waals surface area contributed by atoms with Crippen LogP contribution in [0.3, 0.4) is 0 Å². The van der Waals surface area contributed by atoms with E-state index in [9.17, 15) is 4.79 Å². The Hall–Kier alpha value is -2.06. The van der Waals surface area contributed by atoms with Crippen LogP contribution in [0.4, 0.5) is 0 Å². The van der Waals surface area contributed by atoms with E-state index in [4.69, 9.17) is 16.9 Å². The van der Waals surface area contributed by atoms with Crippen molar-refractivity contribution in [3.05, 3.63) is 29.6 Å². The van der Waals surface area contributed by atoms with E-state index in [1.54, 1.807) is 37.6 Å². The average Bonchev–Trinajstić information content (AvgIpc) is 2.84. The number of carbonyl (C=O) groups is 1. The van der Waals surface area contributed by atoms with Gasteiger partial charge in [-0.1, -0.05) is 6.07 Å². The van der Waals surface area contributed by atoms with Gasteiger partial charge in [-0.25, -0.2) is 4.98 Å². The Morgan fingerprint density at radius 1 is 1.50 bits per heavy atom. The molecule has 6 heteroatoms. The Balaban J connectivity index is 2.77. The molecule has 1 amide bonds. The summed E-state index contributed by atoms with van der Waals surface area (Å²) in [6, 6.07) is 6.98. The first-order valence-corrected chi connectivity index (χ1v) is 6.71. The number of para-hydroxylation sites is 1.